The molecule has 1 aliphatic rings. The number of unbranched alkanes of at least 4 members (excludes halogenated alkanes) is 1. The second kappa shape index (κ2) is 6.84. The zero-order valence-electron chi connectivity index (χ0n) is 14.9. The van der Waals surface area contributed by atoms with E-state index >= 15 is 4.39 Å². The predicted molar refractivity (Wildman–Crippen MR) is 98.6 cm³/mol. The molecule has 0 bridgehead atoms. The van der Waals surface area contributed by atoms with Crippen LogP contribution in [0.15, 0.2) is 42.5 Å². The van der Waals surface area contributed by atoms with Crippen LogP contribution in [0.2, 0.25) is 0 Å². The number of halogens is 4. The van der Waals surface area contributed by atoms with E-state index in [1.807, 2.05) is 6.07 Å². The maximum atomic E-state index is 15.2. The molecule has 0 aliphatic heterocycles. The second-order valence-corrected chi connectivity index (χ2v) is 6.98. The Morgan fingerprint density at radius 2 is 1.44 bits per heavy atom. The van der Waals surface area contributed by atoms with Crippen molar-refractivity contribution in [3.05, 3.63) is 82.4 Å². The largest absolute Gasteiger partial charge is 0.206 e. The molecule has 0 nitrogen and oxygen atoms in total. The molecular weight excluding hydrogens is 352 g/mol. The molecule has 3 aromatic rings. The minimum Gasteiger partial charge on any atom is -0.206 e. The van der Waals surface area contributed by atoms with E-state index in [1.165, 1.54) is 11.6 Å². The first-order valence-corrected chi connectivity index (χ1v) is 9.08. The molecule has 0 amide bonds. The van der Waals surface area contributed by atoms with E-state index < -0.39 is 23.3 Å². The van der Waals surface area contributed by atoms with E-state index in [-0.39, 0.29) is 11.1 Å². The highest BCUT2D eigenvalue weighted by atomic mass is 19.2. The van der Waals surface area contributed by atoms with Gasteiger partial charge in [0, 0.05) is 17.5 Å². The van der Waals surface area contributed by atoms with Gasteiger partial charge in [0.2, 0.25) is 0 Å². The summed E-state index contributed by atoms with van der Waals surface area (Å²) in [6, 6.07) is 11.1. The summed E-state index contributed by atoms with van der Waals surface area (Å²) >= 11 is 0. The van der Waals surface area contributed by atoms with Crippen molar-refractivity contribution in [2.45, 2.75) is 32.6 Å². The van der Waals surface area contributed by atoms with Crippen molar-refractivity contribution in [1.82, 2.24) is 0 Å². The van der Waals surface area contributed by atoms with Crippen molar-refractivity contribution in [3.63, 3.8) is 0 Å². The van der Waals surface area contributed by atoms with Gasteiger partial charge in [-0.2, -0.15) is 0 Å². The molecule has 0 spiro atoms. The maximum Gasteiger partial charge on any atom is 0.194 e. The average molecular weight is 370 g/mol. The fourth-order valence-electron chi connectivity index (χ4n) is 3.76. The molecule has 0 N–H and O–H groups in total. The number of aryl methyl sites for hydroxylation is 1. The molecule has 0 saturated carbocycles. The Morgan fingerprint density at radius 3 is 2.15 bits per heavy atom. The van der Waals surface area contributed by atoms with Crippen molar-refractivity contribution in [2.75, 3.05) is 0 Å². The van der Waals surface area contributed by atoms with E-state index in [4.69, 9.17) is 0 Å². The van der Waals surface area contributed by atoms with Crippen LogP contribution in [-0.4, -0.2) is 0 Å². The Morgan fingerprint density at radius 1 is 0.778 bits per heavy atom. The van der Waals surface area contributed by atoms with Crippen LogP contribution in [0.1, 0.15) is 36.5 Å². The van der Waals surface area contributed by atoms with E-state index in [0.717, 1.165) is 48.1 Å². The third-order valence-corrected chi connectivity index (χ3v) is 5.18. The zero-order chi connectivity index (χ0) is 19.1. The SMILES string of the molecule is CCCCc1ccc2c(c1)Cc1c-2ccc(-c2cc(F)c(F)c(F)c2)c1F. The van der Waals surface area contributed by atoms with Crippen molar-refractivity contribution in [3.8, 4) is 22.3 Å². The van der Waals surface area contributed by atoms with Gasteiger partial charge in [-0.1, -0.05) is 43.7 Å². The quantitative estimate of drug-likeness (QED) is 0.273. The second-order valence-electron chi connectivity index (χ2n) is 6.98. The van der Waals surface area contributed by atoms with Gasteiger partial charge in [-0.15, -0.1) is 0 Å². The molecule has 138 valence electrons. The monoisotopic (exact) mass is 370 g/mol. The summed E-state index contributed by atoms with van der Waals surface area (Å²) in [5.74, 6) is -4.71. The molecule has 3 aromatic carbocycles. The van der Waals surface area contributed by atoms with E-state index in [1.54, 1.807) is 6.07 Å². The number of benzene rings is 3. The van der Waals surface area contributed by atoms with Gasteiger partial charge in [0.15, 0.2) is 17.5 Å². The van der Waals surface area contributed by atoms with Gasteiger partial charge >= 0.3 is 0 Å². The molecule has 0 heterocycles. The highest BCUT2D eigenvalue weighted by molar-refractivity contribution is 5.81. The molecule has 4 rings (SSSR count). The van der Waals surface area contributed by atoms with Crippen LogP contribution in [0, 0.1) is 23.3 Å². The standard InChI is InChI=1S/C23H18F4/c1-2-3-4-13-5-6-16-14(9-13)10-19-18(16)8-7-17(22(19)26)15-11-20(24)23(27)21(25)12-15/h5-9,11-12H,2-4,10H2,1H3. The van der Waals surface area contributed by atoms with Crippen LogP contribution in [0.5, 0.6) is 0 Å². The van der Waals surface area contributed by atoms with Crippen molar-refractivity contribution < 1.29 is 17.6 Å². The van der Waals surface area contributed by atoms with E-state index in [2.05, 4.69) is 19.1 Å². The van der Waals surface area contributed by atoms with Crippen molar-refractivity contribution in [2.24, 2.45) is 0 Å². The molecule has 0 radical (unpaired) electrons. The summed E-state index contributed by atoms with van der Waals surface area (Å²) in [4.78, 5) is 0. The summed E-state index contributed by atoms with van der Waals surface area (Å²) < 4.78 is 55.5. The van der Waals surface area contributed by atoms with Crippen LogP contribution in [0.25, 0.3) is 22.3 Å². The molecule has 4 heteroatoms. The Hall–Kier alpha value is -2.62. The van der Waals surface area contributed by atoms with Gasteiger partial charge < -0.3 is 0 Å². The molecule has 0 fully saturated rings. The molecule has 0 atom stereocenters. The maximum absolute atomic E-state index is 15.2. The number of hydrogen-bond acceptors (Lipinski definition) is 0. The van der Waals surface area contributed by atoms with Crippen LogP contribution >= 0.6 is 0 Å². The Kier molecular flexibility index (Phi) is 4.50. The lowest BCUT2D eigenvalue weighted by Gasteiger charge is -2.09. The third kappa shape index (κ3) is 3.03. The van der Waals surface area contributed by atoms with Crippen molar-refractivity contribution >= 4 is 0 Å². The van der Waals surface area contributed by atoms with E-state index in [0.29, 0.717) is 12.0 Å². The lowest BCUT2D eigenvalue weighted by Crippen LogP contribution is -1.96. The first-order chi connectivity index (χ1) is 13.0. The van der Waals surface area contributed by atoms with Gasteiger partial charge in [-0.3, -0.25) is 0 Å². The van der Waals surface area contributed by atoms with Crippen LogP contribution in [0.3, 0.4) is 0 Å². The van der Waals surface area contributed by atoms with E-state index in [9.17, 15) is 13.2 Å². The number of rotatable bonds is 4. The fraction of sp³-hybridized carbons (Fsp3) is 0.217. The third-order valence-electron chi connectivity index (χ3n) is 5.18. The van der Waals surface area contributed by atoms with Crippen LogP contribution < -0.4 is 0 Å². The highest BCUT2D eigenvalue weighted by Gasteiger charge is 2.25. The first-order valence-electron chi connectivity index (χ1n) is 9.08. The Labute approximate surface area is 155 Å². The lowest BCUT2D eigenvalue weighted by molar-refractivity contribution is 0.447. The molecular formula is C23H18F4. The van der Waals surface area contributed by atoms with Gasteiger partial charge in [-0.05, 0) is 52.8 Å². The Bertz CT molecular complexity index is 1010. The lowest BCUT2D eigenvalue weighted by atomic mass is 9.97. The topological polar surface area (TPSA) is 0 Å². The molecule has 0 saturated heterocycles. The minimum absolute atomic E-state index is 0.00806. The fourth-order valence-corrected chi connectivity index (χ4v) is 3.76. The zero-order valence-corrected chi connectivity index (χ0v) is 14.9. The summed E-state index contributed by atoms with van der Waals surface area (Å²) in [7, 11) is 0. The van der Waals surface area contributed by atoms with Crippen molar-refractivity contribution in [1.29, 1.82) is 0 Å². The molecule has 0 aromatic heterocycles. The van der Waals surface area contributed by atoms with Gasteiger partial charge in [0.1, 0.15) is 5.82 Å². The van der Waals surface area contributed by atoms with Gasteiger partial charge in [-0.25, -0.2) is 17.6 Å². The first kappa shape index (κ1) is 17.8. The molecule has 1 aliphatic carbocycles. The van der Waals surface area contributed by atoms with Crippen LogP contribution in [0.4, 0.5) is 17.6 Å². The summed E-state index contributed by atoms with van der Waals surface area (Å²) in [6.07, 6.45) is 3.64. The van der Waals surface area contributed by atoms with Crippen LogP contribution in [-0.2, 0) is 12.8 Å². The summed E-state index contributed by atoms with van der Waals surface area (Å²) in [5.41, 5.74) is 4.67. The summed E-state index contributed by atoms with van der Waals surface area (Å²) in [5, 5.41) is 0. The Balaban J connectivity index is 1.75. The smallest absolute Gasteiger partial charge is 0.194 e. The molecule has 0 unspecified atom stereocenters. The summed E-state index contributed by atoms with van der Waals surface area (Å²) in [6.45, 7) is 2.14. The average Bonchev–Trinajstić information content (AvgIpc) is 3.03. The number of hydrogen-bond donors (Lipinski definition) is 0. The normalized spacial score (nSPS) is 12.2. The number of fused-ring (bicyclic) bond motifs is 3. The highest BCUT2D eigenvalue weighted by Crippen LogP contribution is 2.41. The van der Waals surface area contributed by atoms with Gasteiger partial charge in [0.05, 0.1) is 0 Å². The molecule has 27 heavy (non-hydrogen) atoms. The predicted octanol–water partition coefficient (Wildman–Crippen LogP) is 6.82. The van der Waals surface area contributed by atoms with Gasteiger partial charge in [0.25, 0.3) is 0 Å². The minimum atomic E-state index is -1.55.